The van der Waals surface area contributed by atoms with Gasteiger partial charge in [0, 0.05) is 5.69 Å². The van der Waals surface area contributed by atoms with Gasteiger partial charge in [0.2, 0.25) is 0 Å². The third kappa shape index (κ3) is 4.37. The quantitative estimate of drug-likeness (QED) is 0.832. The minimum absolute atomic E-state index is 0.0937. The molecule has 1 N–H and O–H groups in total. The van der Waals surface area contributed by atoms with Crippen LogP contribution in [-0.2, 0) is 22.4 Å². The van der Waals surface area contributed by atoms with Crippen molar-refractivity contribution in [2.75, 3.05) is 11.9 Å². The highest BCUT2D eigenvalue weighted by Crippen LogP contribution is 2.22. The molecule has 0 bridgehead atoms. The lowest BCUT2D eigenvalue weighted by molar-refractivity contribution is -0.119. The summed E-state index contributed by atoms with van der Waals surface area (Å²) < 4.78 is 18.1. The first kappa shape index (κ1) is 17.4. The highest BCUT2D eigenvalue weighted by atomic mass is 35.5. The molecule has 0 spiro atoms. The zero-order valence-electron chi connectivity index (χ0n) is 13.5. The fraction of sp³-hybridized carbons (Fsp3) is 0.263. The number of hydrogen-bond acceptors (Lipinski definition) is 3. The lowest BCUT2D eigenvalue weighted by Crippen LogP contribution is -2.21. The largest absolute Gasteiger partial charge is 0.452 e. The second kappa shape index (κ2) is 7.66. The Morgan fingerprint density at radius 2 is 1.84 bits per heavy atom. The fourth-order valence-corrected chi connectivity index (χ4v) is 3.03. The van der Waals surface area contributed by atoms with Gasteiger partial charge in [-0.05, 0) is 67.1 Å². The predicted molar refractivity (Wildman–Crippen MR) is 93.4 cm³/mol. The van der Waals surface area contributed by atoms with E-state index in [2.05, 4.69) is 5.32 Å². The van der Waals surface area contributed by atoms with Gasteiger partial charge in [-0.1, -0.05) is 17.7 Å². The van der Waals surface area contributed by atoms with Gasteiger partial charge in [0.25, 0.3) is 5.91 Å². The third-order valence-electron chi connectivity index (χ3n) is 4.12. The van der Waals surface area contributed by atoms with Gasteiger partial charge in [0.05, 0.1) is 10.6 Å². The monoisotopic (exact) mass is 361 g/mol. The Balaban J connectivity index is 1.56. The third-order valence-corrected chi connectivity index (χ3v) is 4.41. The maximum atomic E-state index is 13.1. The molecule has 0 saturated heterocycles. The molecule has 25 heavy (non-hydrogen) atoms. The van der Waals surface area contributed by atoms with Crippen LogP contribution in [0.3, 0.4) is 0 Å². The van der Waals surface area contributed by atoms with E-state index in [1.165, 1.54) is 29.7 Å². The fourth-order valence-electron chi connectivity index (χ4n) is 2.85. The number of aryl methyl sites for hydroxylation is 2. The van der Waals surface area contributed by atoms with Crippen molar-refractivity contribution in [3.8, 4) is 0 Å². The van der Waals surface area contributed by atoms with Crippen LogP contribution in [0.1, 0.15) is 34.3 Å². The number of halogens is 2. The first-order valence-electron chi connectivity index (χ1n) is 8.07. The van der Waals surface area contributed by atoms with Crippen LogP contribution in [0.4, 0.5) is 10.1 Å². The molecule has 3 rings (SSSR count). The van der Waals surface area contributed by atoms with E-state index >= 15 is 0 Å². The van der Waals surface area contributed by atoms with E-state index in [1.807, 2.05) is 12.1 Å². The predicted octanol–water partition coefficient (Wildman–Crippen LogP) is 4.15. The first-order chi connectivity index (χ1) is 12.0. The van der Waals surface area contributed by atoms with E-state index in [1.54, 1.807) is 6.07 Å². The molecule has 0 unspecified atom stereocenters. The molecule has 130 valence electrons. The number of anilines is 1. The molecule has 0 heterocycles. The maximum Gasteiger partial charge on any atom is 0.338 e. The molecule has 0 atom stereocenters. The molecular weight excluding hydrogens is 345 g/mol. The molecule has 0 aromatic heterocycles. The number of benzene rings is 2. The van der Waals surface area contributed by atoms with Crippen LogP contribution in [-0.4, -0.2) is 18.5 Å². The molecule has 2 aromatic rings. The number of carbonyl (C=O) groups excluding carboxylic acids is 2. The number of ether oxygens (including phenoxy) is 1. The van der Waals surface area contributed by atoms with Gasteiger partial charge in [-0.2, -0.15) is 0 Å². The lowest BCUT2D eigenvalue weighted by Gasteiger charge is -2.16. The van der Waals surface area contributed by atoms with Crippen LogP contribution >= 0.6 is 11.6 Å². The number of amides is 1. The Hall–Kier alpha value is -2.40. The maximum absolute atomic E-state index is 13.1. The Morgan fingerprint density at radius 3 is 2.60 bits per heavy atom. The summed E-state index contributed by atoms with van der Waals surface area (Å²) in [6.45, 7) is -0.426. The van der Waals surface area contributed by atoms with Crippen molar-refractivity contribution in [1.82, 2.24) is 0 Å². The van der Waals surface area contributed by atoms with Gasteiger partial charge < -0.3 is 10.1 Å². The van der Waals surface area contributed by atoms with Crippen molar-refractivity contribution in [3.63, 3.8) is 0 Å². The van der Waals surface area contributed by atoms with Crippen LogP contribution in [0.5, 0.6) is 0 Å². The van der Waals surface area contributed by atoms with Crippen LogP contribution in [0.25, 0.3) is 0 Å². The molecule has 1 amide bonds. The molecule has 0 fully saturated rings. The summed E-state index contributed by atoms with van der Waals surface area (Å²) >= 11 is 5.65. The number of nitrogens with one attached hydrogen (secondary N) is 1. The first-order valence-corrected chi connectivity index (χ1v) is 8.44. The van der Waals surface area contributed by atoms with E-state index in [9.17, 15) is 14.0 Å². The van der Waals surface area contributed by atoms with Crippen LogP contribution in [0.15, 0.2) is 36.4 Å². The van der Waals surface area contributed by atoms with Gasteiger partial charge >= 0.3 is 5.97 Å². The Bertz CT molecular complexity index is 822. The van der Waals surface area contributed by atoms with Crippen molar-refractivity contribution in [2.24, 2.45) is 0 Å². The second-order valence-corrected chi connectivity index (χ2v) is 6.35. The van der Waals surface area contributed by atoms with E-state index in [0.29, 0.717) is 11.3 Å². The molecule has 0 radical (unpaired) electrons. The number of fused-ring (bicyclic) bond motifs is 1. The Morgan fingerprint density at radius 1 is 1.08 bits per heavy atom. The highest BCUT2D eigenvalue weighted by Gasteiger charge is 2.15. The second-order valence-electron chi connectivity index (χ2n) is 5.94. The summed E-state index contributed by atoms with van der Waals surface area (Å²) in [4.78, 5) is 24.0. The van der Waals surface area contributed by atoms with Crippen LogP contribution in [0.2, 0.25) is 5.02 Å². The molecule has 1 aliphatic carbocycles. The van der Waals surface area contributed by atoms with E-state index < -0.39 is 24.3 Å². The van der Waals surface area contributed by atoms with Gasteiger partial charge in [-0.3, -0.25) is 4.79 Å². The van der Waals surface area contributed by atoms with E-state index in [-0.39, 0.29) is 5.02 Å². The number of rotatable bonds is 4. The van der Waals surface area contributed by atoms with E-state index in [4.69, 9.17) is 16.3 Å². The number of carbonyl (C=O) groups is 2. The molecule has 4 nitrogen and oxygen atoms in total. The summed E-state index contributed by atoms with van der Waals surface area (Å²) in [6.07, 6.45) is 4.29. The van der Waals surface area contributed by atoms with Gasteiger partial charge in [0.1, 0.15) is 5.82 Å². The normalized spacial score (nSPS) is 13.0. The number of esters is 1. The standard InChI is InChI=1S/C19H17ClFNO3/c20-16-10-15(7-8-17(16)21)22-18(23)11-25-19(24)14-6-5-12-3-1-2-4-13(12)9-14/h5-10H,1-4,11H2,(H,22,23). The zero-order valence-corrected chi connectivity index (χ0v) is 14.2. The lowest BCUT2D eigenvalue weighted by atomic mass is 9.90. The molecule has 6 heteroatoms. The molecule has 0 aliphatic heterocycles. The summed E-state index contributed by atoms with van der Waals surface area (Å²) in [7, 11) is 0. The summed E-state index contributed by atoms with van der Waals surface area (Å²) in [6, 6.07) is 9.34. The topological polar surface area (TPSA) is 55.4 Å². The van der Waals surface area contributed by atoms with Gasteiger partial charge in [-0.15, -0.1) is 0 Å². The van der Waals surface area contributed by atoms with Crippen LogP contribution < -0.4 is 5.32 Å². The van der Waals surface area contributed by atoms with Crippen molar-refractivity contribution in [3.05, 3.63) is 63.9 Å². The molecular formula is C19H17ClFNO3. The minimum atomic E-state index is -0.571. The Labute approximate surface area is 149 Å². The SMILES string of the molecule is O=C(COC(=O)c1ccc2c(c1)CCCC2)Nc1ccc(F)c(Cl)c1. The zero-order chi connectivity index (χ0) is 17.8. The van der Waals surface area contributed by atoms with Crippen LogP contribution in [0, 0.1) is 5.82 Å². The van der Waals surface area contributed by atoms with Gasteiger partial charge in [-0.25, -0.2) is 9.18 Å². The van der Waals surface area contributed by atoms with Crippen molar-refractivity contribution >= 4 is 29.2 Å². The summed E-state index contributed by atoms with van der Waals surface area (Å²) in [5.41, 5.74) is 3.22. The van der Waals surface area contributed by atoms with Crippen molar-refractivity contribution < 1.29 is 18.7 Å². The minimum Gasteiger partial charge on any atom is -0.452 e. The van der Waals surface area contributed by atoms with Crippen molar-refractivity contribution in [1.29, 1.82) is 0 Å². The van der Waals surface area contributed by atoms with Gasteiger partial charge in [0.15, 0.2) is 6.61 Å². The average Bonchev–Trinajstić information content (AvgIpc) is 2.62. The highest BCUT2D eigenvalue weighted by molar-refractivity contribution is 6.31. The number of hydrogen-bond donors (Lipinski definition) is 1. The summed E-state index contributed by atoms with van der Waals surface area (Å²) in [5.74, 6) is -1.63. The summed E-state index contributed by atoms with van der Waals surface area (Å²) in [5, 5.41) is 2.41. The molecule has 2 aromatic carbocycles. The molecule has 1 aliphatic rings. The Kier molecular flexibility index (Phi) is 5.34. The van der Waals surface area contributed by atoms with E-state index in [0.717, 1.165) is 25.3 Å². The molecule has 0 saturated carbocycles. The average molecular weight is 362 g/mol. The van der Waals surface area contributed by atoms with Crippen molar-refractivity contribution in [2.45, 2.75) is 25.7 Å². The smallest absolute Gasteiger partial charge is 0.338 e.